The number of rotatable bonds is 5. The van der Waals surface area contributed by atoms with Gasteiger partial charge in [-0.3, -0.25) is 0 Å². The number of fused-ring (bicyclic) bond motifs is 1. The van der Waals surface area contributed by atoms with Crippen LogP contribution in [-0.4, -0.2) is 33.1 Å². The van der Waals surface area contributed by atoms with Gasteiger partial charge in [-0.2, -0.15) is 0 Å². The Bertz CT molecular complexity index is 779. The highest BCUT2D eigenvalue weighted by Crippen LogP contribution is 2.59. The van der Waals surface area contributed by atoms with Crippen molar-refractivity contribution >= 4 is 0 Å². The fourth-order valence-electron chi connectivity index (χ4n) is 6.27. The first-order valence-corrected chi connectivity index (χ1v) is 12.0. The van der Waals surface area contributed by atoms with Gasteiger partial charge in [0.1, 0.15) is 0 Å². The van der Waals surface area contributed by atoms with E-state index in [4.69, 9.17) is 0 Å². The highest BCUT2D eigenvalue weighted by atomic mass is 16.3. The predicted molar refractivity (Wildman–Crippen MR) is 128 cm³/mol. The third kappa shape index (κ3) is 5.69. The molecule has 3 aliphatic carbocycles. The van der Waals surface area contributed by atoms with Crippen LogP contribution in [0.25, 0.3) is 0 Å². The molecule has 6 atom stereocenters. The summed E-state index contributed by atoms with van der Waals surface area (Å²) in [5.41, 5.74) is 2.84. The van der Waals surface area contributed by atoms with Crippen LogP contribution >= 0.6 is 0 Å². The molecular formula is C28H42O3. The van der Waals surface area contributed by atoms with Gasteiger partial charge < -0.3 is 15.3 Å². The zero-order valence-corrected chi connectivity index (χ0v) is 19.8. The third-order valence-corrected chi connectivity index (χ3v) is 7.97. The summed E-state index contributed by atoms with van der Waals surface area (Å²) in [5.74, 6) is 1.77. The molecule has 0 aromatic heterocycles. The minimum Gasteiger partial charge on any atom is -0.393 e. The van der Waals surface area contributed by atoms with Crippen LogP contribution < -0.4 is 0 Å². The van der Waals surface area contributed by atoms with Crippen LogP contribution in [-0.2, 0) is 0 Å². The number of hydrogen-bond acceptors (Lipinski definition) is 3. The molecule has 0 aromatic rings. The molecule has 3 nitrogen and oxygen atoms in total. The van der Waals surface area contributed by atoms with Gasteiger partial charge in [0.05, 0.1) is 17.8 Å². The van der Waals surface area contributed by atoms with Gasteiger partial charge in [0.25, 0.3) is 0 Å². The molecule has 0 aromatic carbocycles. The van der Waals surface area contributed by atoms with Crippen LogP contribution in [0.15, 0.2) is 59.8 Å². The topological polar surface area (TPSA) is 60.7 Å². The van der Waals surface area contributed by atoms with Gasteiger partial charge in [-0.05, 0) is 86.7 Å². The molecule has 0 amide bonds. The molecule has 3 saturated carbocycles. The van der Waals surface area contributed by atoms with Crippen molar-refractivity contribution in [1.82, 2.24) is 0 Å². The smallest absolute Gasteiger partial charge is 0.0811 e. The molecule has 0 aliphatic heterocycles. The predicted octanol–water partition coefficient (Wildman–Crippen LogP) is 5.65. The van der Waals surface area contributed by atoms with Gasteiger partial charge in [0.15, 0.2) is 0 Å². The van der Waals surface area contributed by atoms with Gasteiger partial charge in [-0.25, -0.2) is 0 Å². The van der Waals surface area contributed by atoms with E-state index in [-0.39, 0.29) is 0 Å². The molecule has 3 N–H and O–H groups in total. The van der Waals surface area contributed by atoms with Gasteiger partial charge in [-0.1, -0.05) is 62.5 Å². The molecule has 0 heterocycles. The minimum atomic E-state index is -0.773. The van der Waals surface area contributed by atoms with Crippen molar-refractivity contribution < 1.29 is 15.3 Å². The van der Waals surface area contributed by atoms with Crippen LogP contribution in [0.3, 0.4) is 0 Å². The average molecular weight is 427 g/mol. The Hall–Kier alpha value is -1.42. The summed E-state index contributed by atoms with van der Waals surface area (Å²) < 4.78 is 0. The van der Waals surface area contributed by atoms with E-state index in [1.807, 2.05) is 12.2 Å². The van der Waals surface area contributed by atoms with Crippen LogP contribution in [0.5, 0.6) is 0 Å². The maximum Gasteiger partial charge on any atom is 0.0811 e. The standard InChI is InChI=1S/C28H42O3/c1-19(9-6-7-15-27(3,4)31)24-13-14-25-21(10-8-16-28(24,25)5)11-12-22-17-23(29)18-26(30)20(22)2/h6-7,9,11-12,15,19,23-26,29-31H,2,8,10,13-14,16-18H2,1,3-5H3/b9-6+,15-7+,21-11+,22-12+/t19-,23-,24-,25+,26+,28-/m1/s1. The van der Waals surface area contributed by atoms with E-state index in [2.05, 4.69) is 44.7 Å². The molecule has 0 unspecified atom stereocenters. The van der Waals surface area contributed by atoms with Crippen molar-refractivity contribution in [2.75, 3.05) is 0 Å². The molecule has 3 rings (SSSR count). The molecule has 31 heavy (non-hydrogen) atoms. The Morgan fingerprint density at radius 3 is 2.61 bits per heavy atom. The van der Waals surface area contributed by atoms with E-state index in [0.29, 0.717) is 36.0 Å². The van der Waals surface area contributed by atoms with Gasteiger partial charge in [-0.15, -0.1) is 0 Å². The molecule has 3 fully saturated rings. The monoisotopic (exact) mass is 426 g/mol. The summed E-state index contributed by atoms with van der Waals surface area (Å²) in [6.07, 6.45) is 18.6. The number of aliphatic hydroxyl groups is 3. The second-order valence-electron chi connectivity index (χ2n) is 10.9. The summed E-state index contributed by atoms with van der Waals surface area (Å²) in [7, 11) is 0. The molecule has 0 radical (unpaired) electrons. The van der Waals surface area contributed by atoms with Crippen molar-refractivity contribution in [2.45, 2.75) is 90.4 Å². The molecule has 0 saturated heterocycles. The maximum atomic E-state index is 10.1. The SMILES string of the molecule is C=C1/C(=C/C=C2\CCC[C@]3(C)[C@@H]([C@H](C)/C=C/C=C/C(C)(C)O)CC[C@@H]23)C[C@@H](O)C[C@@H]1O. The summed E-state index contributed by atoms with van der Waals surface area (Å²) in [5, 5.41) is 30.0. The Morgan fingerprint density at radius 2 is 1.90 bits per heavy atom. The van der Waals surface area contributed by atoms with Crippen molar-refractivity contribution in [3.8, 4) is 0 Å². The Morgan fingerprint density at radius 1 is 1.16 bits per heavy atom. The van der Waals surface area contributed by atoms with Crippen LogP contribution in [0.2, 0.25) is 0 Å². The normalized spacial score (nSPS) is 38.5. The van der Waals surface area contributed by atoms with Crippen LogP contribution in [0, 0.1) is 23.2 Å². The third-order valence-electron chi connectivity index (χ3n) is 7.97. The highest BCUT2D eigenvalue weighted by Gasteiger charge is 2.50. The van der Waals surface area contributed by atoms with Crippen LogP contribution in [0.1, 0.15) is 72.6 Å². The molecule has 0 bridgehead atoms. The molecule has 3 heteroatoms. The zero-order valence-electron chi connectivity index (χ0n) is 19.8. The van der Waals surface area contributed by atoms with Crippen LogP contribution in [0.4, 0.5) is 0 Å². The second kappa shape index (κ2) is 9.60. The number of allylic oxidation sites excluding steroid dienone is 6. The lowest BCUT2D eigenvalue weighted by Crippen LogP contribution is -2.35. The highest BCUT2D eigenvalue weighted by molar-refractivity contribution is 5.38. The minimum absolute atomic E-state index is 0.314. The molecular weight excluding hydrogens is 384 g/mol. The molecule has 172 valence electrons. The number of hydrogen-bond donors (Lipinski definition) is 3. The van der Waals surface area contributed by atoms with E-state index < -0.39 is 17.8 Å². The van der Waals surface area contributed by atoms with Gasteiger partial charge in [0, 0.05) is 6.42 Å². The van der Waals surface area contributed by atoms with E-state index >= 15 is 0 Å². The average Bonchev–Trinajstić information content (AvgIpc) is 3.03. The first-order valence-electron chi connectivity index (χ1n) is 12.0. The Kier molecular flexibility index (Phi) is 7.50. The lowest BCUT2D eigenvalue weighted by atomic mass is 9.61. The van der Waals surface area contributed by atoms with Crippen molar-refractivity contribution in [2.24, 2.45) is 23.2 Å². The fourth-order valence-corrected chi connectivity index (χ4v) is 6.27. The quantitative estimate of drug-likeness (QED) is 0.498. The molecule has 3 aliphatic rings. The van der Waals surface area contributed by atoms with Crippen molar-refractivity contribution in [3.05, 3.63) is 59.8 Å². The second-order valence-corrected chi connectivity index (χ2v) is 10.9. The van der Waals surface area contributed by atoms with Gasteiger partial charge in [0.2, 0.25) is 0 Å². The zero-order chi connectivity index (χ0) is 22.8. The first kappa shape index (κ1) is 24.2. The fraction of sp³-hybridized carbons (Fsp3) is 0.643. The summed E-state index contributed by atoms with van der Waals surface area (Å²) in [6.45, 7) is 12.5. The maximum absolute atomic E-state index is 10.1. The van der Waals surface area contributed by atoms with E-state index in [1.165, 1.54) is 31.3 Å². The lowest BCUT2D eigenvalue weighted by molar-refractivity contribution is 0.0862. The lowest BCUT2D eigenvalue weighted by Gasteiger charge is -2.44. The first-order chi connectivity index (χ1) is 14.5. The Balaban J connectivity index is 1.74. The number of aliphatic hydroxyl groups excluding tert-OH is 2. The van der Waals surface area contributed by atoms with E-state index in [9.17, 15) is 15.3 Å². The van der Waals surface area contributed by atoms with Crippen molar-refractivity contribution in [1.29, 1.82) is 0 Å². The Labute approximate surface area is 189 Å². The van der Waals surface area contributed by atoms with E-state index in [1.54, 1.807) is 13.8 Å². The largest absolute Gasteiger partial charge is 0.393 e. The molecule has 0 spiro atoms. The van der Waals surface area contributed by atoms with Gasteiger partial charge >= 0.3 is 0 Å². The van der Waals surface area contributed by atoms with Crippen molar-refractivity contribution in [3.63, 3.8) is 0 Å². The summed E-state index contributed by atoms with van der Waals surface area (Å²) in [6, 6.07) is 0. The summed E-state index contributed by atoms with van der Waals surface area (Å²) in [4.78, 5) is 0. The van der Waals surface area contributed by atoms with E-state index in [0.717, 1.165) is 17.6 Å². The summed E-state index contributed by atoms with van der Waals surface area (Å²) >= 11 is 0.